The summed E-state index contributed by atoms with van der Waals surface area (Å²) < 4.78 is 33.7. The van der Waals surface area contributed by atoms with E-state index in [1.807, 2.05) is 33.3 Å². The molecule has 0 radical (unpaired) electrons. The van der Waals surface area contributed by atoms with Crippen LogP contribution in [0.15, 0.2) is 72.9 Å². The lowest BCUT2D eigenvalue weighted by Crippen LogP contribution is -2.37. The average molecular weight is 820 g/mol. The molecular formula is C46H78NO9P. The molecule has 0 aliphatic carbocycles. The van der Waals surface area contributed by atoms with E-state index in [1.54, 1.807) is 6.08 Å². The number of carbonyl (C=O) groups is 3. The molecule has 2 atom stereocenters. The standard InChI is InChI=1S/C46H78NO9P/c1-6-8-10-12-14-15-16-17-18-19-20-21-22-23-25-29-33-37-45(49)53-41-44(42-55-57(51,52)54-40-39-47(3,4)5)56-46(50)38-34-30-26-28-32-36-43(48)35-31-27-24-13-11-9-7-2/h8,10,14-15,17-18,20-21,24,27,31,35,44H,6-7,9,11-13,16,19,22-23,25-26,28-30,32-34,36-42H2,1-5H3/b10-8-,15-14-,18-17-,21-20-,27-24-,35-31+/t44-/m1/s1. The SMILES string of the molecule is CC/C=C\C/C=C\C/C=C\C/C=C\CCCCCCC(=O)OC[C@H](COP(=O)([O-])OCC[N+](C)(C)C)OC(=O)CCCCCCCC(=O)/C=C/C=C\CCCCC. The summed E-state index contributed by atoms with van der Waals surface area (Å²) in [5.41, 5.74) is 0. The first-order valence-electron chi connectivity index (χ1n) is 21.6. The lowest BCUT2D eigenvalue weighted by Gasteiger charge is -2.28. The number of hydrogen-bond donors (Lipinski definition) is 0. The van der Waals surface area contributed by atoms with E-state index in [0.717, 1.165) is 83.5 Å². The Morgan fingerprint density at radius 3 is 1.79 bits per heavy atom. The lowest BCUT2D eigenvalue weighted by molar-refractivity contribution is -0.870. The molecule has 0 rings (SSSR count). The molecule has 0 heterocycles. The lowest BCUT2D eigenvalue weighted by atomic mass is 10.1. The van der Waals surface area contributed by atoms with Crippen molar-refractivity contribution in [3.8, 4) is 0 Å². The van der Waals surface area contributed by atoms with E-state index in [2.05, 4.69) is 68.5 Å². The van der Waals surface area contributed by atoms with Gasteiger partial charge in [0.25, 0.3) is 7.82 Å². The van der Waals surface area contributed by atoms with Gasteiger partial charge in [-0.15, -0.1) is 0 Å². The van der Waals surface area contributed by atoms with Crippen LogP contribution in [0.4, 0.5) is 0 Å². The monoisotopic (exact) mass is 820 g/mol. The van der Waals surface area contributed by atoms with Gasteiger partial charge in [0.15, 0.2) is 11.9 Å². The highest BCUT2D eigenvalue weighted by Gasteiger charge is 2.21. The van der Waals surface area contributed by atoms with Gasteiger partial charge in [0, 0.05) is 19.3 Å². The van der Waals surface area contributed by atoms with Crippen LogP contribution in [0.1, 0.15) is 149 Å². The van der Waals surface area contributed by atoms with Crippen LogP contribution in [0.2, 0.25) is 0 Å². The zero-order valence-electron chi connectivity index (χ0n) is 36.3. The van der Waals surface area contributed by atoms with Gasteiger partial charge < -0.3 is 27.9 Å². The van der Waals surface area contributed by atoms with Crippen molar-refractivity contribution >= 4 is 25.5 Å². The van der Waals surface area contributed by atoms with E-state index >= 15 is 0 Å². The molecule has 0 saturated carbocycles. The number of allylic oxidation sites excluding steroid dienone is 12. The molecule has 0 bridgehead atoms. The quantitative estimate of drug-likeness (QED) is 0.0114. The second-order valence-corrected chi connectivity index (χ2v) is 16.8. The molecule has 0 aliphatic heterocycles. The summed E-state index contributed by atoms with van der Waals surface area (Å²) in [6.45, 7) is 3.87. The zero-order chi connectivity index (χ0) is 42.3. The number of esters is 2. The molecule has 10 nitrogen and oxygen atoms in total. The first kappa shape index (κ1) is 54.1. The van der Waals surface area contributed by atoms with Crippen LogP contribution in [-0.2, 0) is 37.5 Å². The maximum atomic E-state index is 12.7. The van der Waals surface area contributed by atoms with Gasteiger partial charge in [-0.05, 0) is 76.7 Å². The van der Waals surface area contributed by atoms with Crippen molar-refractivity contribution in [3.05, 3.63) is 72.9 Å². The fourth-order valence-corrected chi connectivity index (χ4v) is 6.00. The average Bonchev–Trinajstić information content (AvgIpc) is 3.15. The summed E-state index contributed by atoms with van der Waals surface area (Å²) in [6, 6.07) is 0. The molecule has 0 amide bonds. The number of unbranched alkanes of at least 4 members (excludes halogenated alkanes) is 11. The number of carbonyl (C=O) groups excluding carboxylic acids is 3. The smallest absolute Gasteiger partial charge is 0.306 e. The van der Waals surface area contributed by atoms with Gasteiger partial charge in [0.2, 0.25) is 0 Å². The molecule has 11 heteroatoms. The highest BCUT2D eigenvalue weighted by Crippen LogP contribution is 2.38. The van der Waals surface area contributed by atoms with Gasteiger partial charge in [-0.2, -0.15) is 0 Å². The maximum Gasteiger partial charge on any atom is 0.306 e. The number of hydrogen-bond acceptors (Lipinski definition) is 9. The molecular weight excluding hydrogens is 741 g/mol. The first-order chi connectivity index (χ1) is 27.4. The highest BCUT2D eigenvalue weighted by molar-refractivity contribution is 7.45. The predicted octanol–water partition coefficient (Wildman–Crippen LogP) is 10.8. The van der Waals surface area contributed by atoms with Crippen molar-refractivity contribution in [2.75, 3.05) is 47.5 Å². The van der Waals surface area contributed by atoms with Crippen molar-refractivity contribution in [2.45, 2.75) is 155 Å². The van der Waals surface area contributed by atoms with Gasteiger partial charge >= 0.3 is 11.9 Å². The van der Waals surface area contributed by atoms with Crippen LogP contribution in [0.25, 0.3) is 0 Å². The number of ketones is 1. The summed E-state index contributed by atoms with van der Waals surface area (Å²) in [7, 11) is 1.06. The number of nitrogens with zero attached hydrogens (tertiary/aromatic N) is 1. The van der Waals surface area contributed by atoms with Gasteiger partial charge in [0.1, 0.15) is 19.8 Å². The number of phosphoric ester groups is 1. The number of phosphoric acid groups is 1. The number of rotatable bonds is 38. The number of ether oxygens (including phenoxy) is 2. The Hall–Kier alpha value is -2.88. The Kier molecular flexibility index (Phi) is 35.5. The van der Waals surface area contributed by atoms with Crippen molar-refractivity contribution in [3.63, 3.8) is 0 Å². The van der Waals surface area contributed by atoms with E-state index in [-0.39, 0.29) is 31.8 Å². The molecule has 0 aromatic heterocycles. The summed E-state index contributed by atoms with van der Waals surface area (Å²) in [6.07, 6.45) is 41.8. The summed E-state index contributed by atoms with van der Waals surface area (Å²) in [5.74, 6) is -0.851. The van der Waals surface area contributed by atoms with Crippen LogP contribution >= 0.6 is 7.82 Å². The molecule has 0 aromatic carbocycles. The summed E-state index contributed by atoms with van der Waals surface area (Å²) >= 11 is 0. The van der Waals surface area contributed by atoms with Crippen LogP contribution < -0.4 is 4.89 Å². The Labute approximate surface area is 346 Å². The van der Waals surface area contributed by atoms with Crippen molar-refractivity contribution < 1.29 is 46.8 Å². The van der Waals surface area contributed by atoms with Crippen molar-refractivity contribution in [2.24, 2.45) is 0 Å². The molecule has 0 N–H and O–H groups in total. The maximum absolute atomic E-state index is 12.7. The molecule has 0 aromatic rings. The molecule has 0 fully saturated rings. The third-order valence-corrected chi connectivity index (χ3v) is 9.65. The Morgan fingerprint density at radius 1 is 0.614 bits per heavy atom. The third kappa shape index (κ3) is 41.1. The van der Waals surface area contributed by atoms with Crippen molar-refractivity contribution in [1.29, 1.82) is 0 Å². The van der Waals surface area contributed by atoms with Crippen LogP contribution in [0, 0.1) is 0 Å². The second kappa shape index (κ2) is 37.4. The second-order valence-electron chi connectivity index (χ2n) is 15.4. The van der Waals surface area contributed by atoms with E-state index in [1.165, 1.54) is 19.3 Å². The first-order valence-corrected chi connectivity index (χ1v) is 23.1. The topological polar surface area (TPSA) is 128 Å². The Morgan fingerprint density at radius 2 is 1.16 bits per heavy atom. The van der Waals surface area contributed by atoms with Crippen LogP contribution in [0.3, 0.4) is 0 Å². The Bertz CT molecular complexity index is 1260. The Balaban J connectivity index is 4.51. The minimum absolute atomic E-state index is 0.0610. The fraction of sp³-hybridized carbons (Fsp3) is 0.674. The van der Waals surface area contributed by atoms with Crippen LogP contribution in [0.5, 0.6) is 0 Å². The molecule has 0 spiro atoms. The fourth-order valence-electron chi connectivity index (χ4n) is 5.27. The minimum atomic E-state index is -4.67. The van der Waals surface area contributed by atoms with E-state index in [4.69, 9.17) is 18.5 Å². The van der Waals surface area contributed by atoms with Gasteiger partial charge in [-0.25, -0.2) is 0 Å². The van der Waals surface area contributed by atoms with Gasteiger partial charge in [-0.3, -0.25) is 18.9 Å². The van der Waals surface area contributed by atoms with Crippen LogP contribution in [-0.4, -0.2) is 75.8 Å². The highest BCUT2D eigenvalue weighted by atomic mass is 31.2. The summed E-state index contributed by atoms with van der Waals surface area (Å²) in [4.78, 5) is 49.6. The minimum Gasteiger partial charge on any atom is -0.756 e. The molecule has 326 valence electrons. The molecule has 1 unspecified atom stereocenters. The van der Waals surface area contributed by atoms with Gasteiger partial charge in [-0.1, -0.05) is 126 Å². The molecule has 57 heavy (non-hydrogen) atoms. The van der Waals surface area contributed by atoms with E-state index in [0.29, 0.717) is 30.3 Å². The summed E-state index contributed by atoms with van der Waals surface area (Å²) in [5, 5.41) is 0. The normalized spacial score (nSPS) is 14.2. The van der Waals surface area contributed by atoms with Crippen molar-refractivity contribution in [1.82, 2.24) is 0 Å². The zero-order valence-corrected chi connectivity index (χ0v) is 37.1. The molecule has 0 saturated heterocycles. The molecule has 0 aliphatic rings. The van der Waals surface area contributed by atoms with Gasteiger partial charge in [0.05, 0.1) is 27.7 Å². The van der Waals surface area contributed by atoms with E-state index in [9.17, 15) is 23.8 Å². The number of quaternary nitrogens is 1. The predicted molar refractivity (Wildman–Crippen MR) is 231 cm³/mol. The number of likely N-dealkylation sites (N-methyl/N-ethyl adjacent to an activating group) is 1. The van der Waals surface area contributed by atoms with E-state index < -0.39 is 32.5 Å². The largest absolute Gasteiger partial charge is 0.756 e. The third-order valence-electron chi connectivity index (χ3n) is 8.69.